The zero-order chi connectivity index (χ0) is 10.3. The number of aliphatic hydroxyl groups is 2. The lowest BCUT2D eigenvalue weighted by Crippen LogP contribution is -2.18. The first kappa shape index (κ1) is 13.1. The van der Waals surface area contributed by atoms with E-state index in [-0.39, 0.29) is 12.8 Å². The zero-order valence-electron chi connectivity index (χ0n) is 7.72. The Morgan fingerprint density at radius 2 is 2.15 bits per heavy atom. The van der Waals surface area contributed by atoms with Gasteiger partial charge in [-0.05, 0) is 6.42 Å². The van der Waals surface area contributed by atoms with Gasteiger partial charge in [0.2, 0.25) is 0 Å². The van der Waals surface area contributed by atoms with Crippen molar-refractivity contribution < 1.29 is 24.2 Å². The summed E-state index contributed by atoms with van der Waals surface area (Å²) in [5, 5.41) is 17.2. The van der Waals surface area contributed by atoms with Crippen molar-refractivity contribution in [3.8, 4) is 0 Å². The van der Waals surface area contributed by atoms with Gasteiger partial charge in [-0.1, -0.05) is 13.3 Å². The fourth-order valence-corrected chi connectivity index (χ4v) is 1.93. The molecule has 0 aliphatic rings. The molecular formula is C7H17O5P. The summed E-state index contributed by atoms with van der Waals surface area (Å²) in [6, 6.07) is 0. The molecule has 0 amide bonds. The number of rotatable bonds is 7. The van der Waals surface area contributed by atoms with Gasteiger partial charge in [0.05, 0.1) is 13.2 Å². The van der Waals surface area contributed by atoms with E-state index in [2.05, 4.69) is 4.52 Å². The Labute approximate surface area is 77.9 Å². The molecule has 0 aromatic rings. The van der Waals surface area contributed by atoms with Crippen LogP contribution in [0.25, 0.3) is 0 Å². The maximum Gasteiger partial charge on any atom is 0.328 e. The van der Waals surface area contributed by atoms with Crippen LogP contribution in [0.4, 0.5) is 0 Å². The van der Waals surface area contributed by atoms with Crippen LogP contribution in [0.15, 0.2) is 0 Å². The SMILES string of the molecule is CCCCP(=O)(O)OC[C@@H](O)CO. The molecule has 80 valence electrons. The summed E-state index contributed by atoms with van der Waals surface area (Å²) >= 11 is 0. The molecule has 2 atom stereocenters. The number of unbranched alkanes of at least 4 members (excludes halogenated alkanes) is 1. The summed E-state index contributed by atoms with van der Waals surface area (Å²) in [5.74, 6) is 0. The van der Waals surface area contributed by atoms with Crippen molar-refractivity contribution in [2.75, 3.05) is 19.4 Å². The van der Waals surface area contributed by atoms with Crippen molar-refractivity contribution in [3.63, 3.8) is 0 Å². The highest BCUT2D eigenvalue weighted by Gasteiger charge is 2.19. The van der Waals surface area contributed by atoms with Gasteiger partial charge in [0.1, 0.15) is 6.10 Å². The summed E-state index contributed by atoms with van der Waals surface area (Å²) in [5.41, 5.74) is 0. The molecule has 0 aromatic carbocycles. The molecule has 0 heterocycles. The van der Waals surface area contributed by atoms with Gasteiger partial charge in [0.15, 0.2) is 0 Å². The molecule has 5 nitrogen and oxygen atoms in total. The second kappa shape index (κ2) is 6.51. The van der Waals surface area contributed by atoms with E-state index in [1.807, 2.05) is 6.92 Å². The van der Waals surface area contributed by atoms with Gasteiger partial charge < -0.3 is 19.6 Å². The molecule has 0 aliphatic heterocycles. The molecule has 0 saturated carbocycles. The molecule has 0 fully saturated rings. The molecule has 0 rings (SSSR count). The van der Waals surface area contributed by atoms with Gasteiger partial charge in [0.25, 0.3) is 0 Å². The summed E-state index contributed by atoms with van der Waals surface area (Å²) in [6.07, 6.45) is 0.447. The minimum atomic E-state index is -3.55. The van der Waals surface area contributed by atoms with Crippen LogP contribution in [-0.4, -0.2) is 40.6 Å². The third-order valence-corrected chi connectivity index (χ3v) is 2.91. The van der Waals surface area contributed by atoms with E-state index in [4.69, 9.17) is 15.1 Å². The third kappa shape index (κ3) is 7.16. The summed E-state index contributed by atoms with van der Waals surface area (Å²) < 4.78 is 15.7. The van der Waals surface area contributed by atoms with Crippen LogP contribution in [0.5, 0.6) is 0 Å². The minimum absolute atomic E-state index is 0.0989. The lowest BCUT2D eigenvalue weighted by Gasteiger charge is -2.13. The van der Waals surface area contributed by atoms with Crippen molar-refractivity contribution in [1.29, 1.82) is 0 Å². The maximum absolute atomic E-state index is 11.1. The fraction of sp³-hybridized carbons (Fsp3) is 1.00. The quantitative estimate of drug-likeness (QED) is 0.530. The first-order valence-electron chi connectivity index (χ1n) is 4.27. The van der Waals surface area contributed by atoms with Crippen LogP contribution < -0.4 is 0 Å². The molecule has 0 bridgehead atoms. The summed E-state index contributed by atoms with van der Waals surface area (Å²) in [4.78, 5) is 9.13. The fourth-order valence-electron chi connectivity index (χ4n) is 0.678. The highest BCUT2D eigenvalue weighted by molar-refractivity contribution is 7.52. The van der Waals surface area contributed by atoms with Gasteiger partial charge in [-0.25, -0.2) is 0 Å². The lowest BCUT2D eigenvalue weighted by atomic mass is 10.4. The largest absolute Gasteiger partial charge is 0.394 e. The number of aliphatic hydroxyl groups excluding tert-OH is 2. The Balaban J connectivity index is 3.68. The minimum Gasteiger partial charge on any atom is -0.394 e. The van der Waals surface area contributed by atoms with Gasteiger partial charge in [-0.2, -0.15) is 0 Å². The predicted molar refractivity (Wildman–Crippen MR) is 48.6 cm³/mol. The van der Waals surface area contributed by atoms with Crippen molar-refractivity contribution >= 4 is 7.60 Å². The van der Waals surface area contributed by atoms with Crippen molar-refractivity contribution in [2.45, 2.75) is 25.9 Å². The molecule has 6 heteroatoms. The summed E-state index contributed by atoms with van der Waals surface area (Å²) in [6.45, 7) is 1.14. The zero-order valence-corrected chi connectivity index (χ0v) is 8.61. The Morgan fingerprint density at radius 3 is 2.62 bits per heavy atom. The molecule has 3 N–H and O–H groups in total. The molecule has 0 radical (unpaired) electrons. The van der Waals surface area contributed by atoms with Crippen LogP contribution in [0.2, 0.25) is 0 Å². The summed E-state index contributed by atoms with van der Waals surface area (Å²) in [7, 11) is -3.55. The van der Waals surface area contributed by atoms with Gasteiger partial charge in [0, 0.05) is 6.16 Å². The molecule has 0 saturated heterocycles. The van der Waals surface area contributed by atoms with Crippen molar-refractivity contribution in [3.05, 3.63) is 0 Å². The first-order chi connectivity index (χ1) is 6.02. The van der Waals surface area contributed by atoms with Crippen LogP contribution in [0, 0.1) is 0 Å². The van der Waals surface area contributed by atoms with E-state index in [0.29, 0.717) is 6.42 Å². The van der Waals surface area contributed by atoms with Gasteiger partial charge in [-0.3, -0.25) is 4.57 Å². The highest BCUT2D eigenvalue weighted by atomic mass is 31.2. The molecule has 1 unspecified atom stereocenters. The second-order valence-corrected chi connectivity index (χ2v) is 4.83. The van der Waals surface area contributed by atoms with E-state index >= 15 is 0 Å². The lowest BCUT2D eigenvalue weighted by molar-refractivity contribution is 0.0496. The predicted octanol–water partition coefficient (Wildman–Crippen LogP) is 0.342. The van der Waals surface area contributed by atoms with Crippen LogP contribution in [0.3, 0.4) is 0 Å². The standard InChI is InChI=1S/C7H17O5P/c1-2-3-4-13(10,11)12-6-7(9)5-8/h7-9H,2-6H2,1H3,(H,10,11)/t7-/m0/s1. The number of hydrogen-bond donors (Lipinski definition) is 3. The normalized spacial score (nSPS) is 18.2. The van der Waals surface area contributed by atoms with Crippen molar-refractivity contribution in [2.24, 2.45) is 0 Å². The average molecular weight is 212 g/mol. The molecule has 0 aromatic heterocycles. The van der Waals surface area contributed by atoms with Crippen molar-refractivity contribution in [1.82, 2.24) is 0 Å². The monoisotopic (exact) mass is 212 g/mol. The first-order valence-corrected chi connectivity index (χ1v) is 6.03. The van der Waals surface area contributed by atoms with E-state index in [1.165, 1.54) is 0 Å². The third-order valence-electron chi connectivity index (χ3n) is 1.47. The molecule has 0 spiro atoms. The van der Waals surface area contributed by atoms with Crippen LogP contribution >= 0.6 is 7.60 Å². The number of hydrogen-bond acceptors (Lipinski definition) is 4. The highest BCUT2D eigenvalue weighted by Crippen LogP contribution is 2.42. The molecule has 0 aliphatic carbocycles. The van der Waals surface area contributed by atoms with Crippen LogP contribution in [-0.2, 0) is 9.09 Å². The molecule has 13 heavy (non-hydrogen) atoms. The molecular weight excluding hydrogens is 195 g/mol. The van der Waals surface area contributed by atoms with E-state index in [1.54, 1.807) is 0 Å². The van der Waals surface area contributed by atoms with E-state index in [9.17, 15) is 4.57 Å². The maximum atomic E-state index is 11.1. The van der Waals surface area contributed by atoms with Crippen LogP contribution in [0.1, 0.15) is 19.8 Å². The Morgan fingerprint density at radius 1 is 1.54 bits per heavy atom. The van der Waals surface area contributed by atoms with Gasteiger partial charge in [-0.15, -0.1) is 0 Å². The smallest absolute Gasteiger partial charge is 0.328 e. The van der Waals surface area contributed by atoms with E-state index < -0.39 is 20.3 Å². The second-order valence-electron chi connectivity index (χ2n) is 2.85. The Bertz CT molecular complexity index is 172. The Hall–Kier alpha value is 0.0700. The topological polar surface area (TPSA) is 87.0 Å². The Kier molecular flexibility index (Phi) is 6.55. The van der Waals surface area contributed by atoms with Gasteiger partial charge >= 0.3 is 7.60 Å². The average Bonchev–Trinajstić information content (AvgIpc) is 2.11. The van der Waals surface area contributed by atoms with E-state index in [0.717, 1.165) is 6.42 Å².